The third-order valence-electron chi connectivity index (χ3n) is 5.75. The molecule has 30 heavy (non-hydrogen) atoms. The minimum absolute atomic E-state index is 0.632. The second-order valence-electron chi connectivity index (χ2n) is 7.99. The lowest BCUT2D eigenvalue weighted by Gasteiger charge is -2.31. The molecule has 1 saturated heterocycles. The zero-order valence-electron chi connectivity index (χ0n) is 18.1. The number of anilines is 1. The number of likely N-dealkylation sites (tertiary alicyclic amines) is 1. The second-order valence-corrected chi connectivity index (χ2v) is 7.99. The van der Waals surface area contributed by atoms with Crippen LogP contribution in [0.4, 0.5) is 5.82 Å². The fourth-order valence-electron chi connectivity index (χ4n) is 3.77. The van der Waals surface area contributed by atoms with E-state index in [2.05, 4.69) is 38.2 Å². The van der Waals surface area contributed by atoms with E-state index in [1.54, 1.807) is 6.20 Å². The predicted molar refractivity (Wildman–Crippen MR) is 117 cm³/mol. The summed E-state index contributed by atoms with van der Waals surface area (Å²) in [5, 5.41) is 3.55. The third-order valence-corrected chi connectivity index (χ3v) is 5.75. The number of aromatic nitrogens is 4. The number of pyridine rings is 1. The Morgan fingerprint density at radius 3 is 2.63 bits per heavy atom. The van der Waals surface area contributed by atoms with Gasteiger partial charge in [0.15, 0.2) is 5.82 Å². The lowest BCUT2D eigenvalue weighted by atomic mass is 9.97. The van der Waals surface area contributed by atoms with Crippen LogP contribution in [0.3, 0.4) is 0 Å². The molecule has 0 bridgehead atoms. The maximum absolute atomic E-state index is 5.73. The van der Waals surface area contributed by atoms with Crippen LogP contribution in [-0.4, -0.2) is 44.5 Å². The first kappa shape index (κ1) is 20.5. The summed E-state index contributed by atoms with van der Waals surface area (Å²) in [6.45, 7) is 9.94. The summed E-state index contributed by atoms with van der Waals surface area (Å²) in [4.78, 5) is 20.7. The van der Waals surface area contributed by atoms with Crippen molar-refractivity contribution in [3.63, 3.8) is 0 Å². The van der Waals surface area contributed by atoms with Crippen molar-refractivity contribution >= 4 is 5.82 Å². The zero-order chi connectivity index (χ0) is 20.9. The van der Waals surface area contributed by atoms with E-state index < -0.39 is 0 Å². The van der Waals surface area contributed by atoms with Crippen LogP contribution in [0.2, 0.25) is 0 Å². The molecule has 7 heteroatoms. The van der Waals surface area contributed by atoms with Crippen molar-refractivity contribution in [3.8, 4) is 11.5 Å². The van der Waals surface area contributed by atoms with Gasteiger partial charge in [-0.1, -0.05) is 13.0 Å². The van der Waals surface area contributed by atoms with Gasteiger partial charge in [-0.3, -0.25) is 9.88 Å². The molecule has 0 spiro atoms. The van der Waals surface area contributed by atoms with Gasteiger partial charge in [-0.2, -0.15) is 0 Å². The van der Waals surface area contributed by atoms with Gasteiger partial charge >= 0.3 is 0 Å². The average Bonchev–Trinajstić information content (AvgIpc) is 3.10. The van der Waals surface area contributed by atoms with E-state index >= 15 is 0 Å². The smallest absolute Gasteiger partial charge is 0.208 e. The van der Waals surface area contributed by atoms with E-state index in [9.17, 15) is 0 Å². The van der Waals surface area contributed by atoms with Gasteiger partial charge in [0.1, 0.15) is 17.3 Å². The van der Waals surface area contributed by atoms with Crippen LogP contribution < -0.4 is 5.32 Å². The van der Waals surface area contributed by atoms with Crippen LogP contribution in [0.5, 0.6) is 0 Å². The average molecular weight is 407 g/mol. The van der Waals surface area contributed by atoms with Crippen molar-refractivity contribution in [2.75, 3.05) is 25.0 Å². The Balaban J connectivity index is 1.32. The molecule has 1 fully saturated rings. The van der Waals surface area contributed by atoms with Gasteiger partial charge in [-0.15, -0.1) is 0 Å². The lowest BCUT2D eigenvalue weighted by molar-refractivity contribution is 0.167. The van der Waals surface area contributed by atoms with Crippen molar-refractivity contribution < 1.29 is 4.42 Å². The minimum Gasteiger partial charge on any atom is -0.444 e. The van der Waals surface area contributed by atoms with Gasteiger partial charge in [-0.05, 0) is 64.3 Å². The molecule has 158 valence electrons. The minimum atomic E-state index is 0.632. The number of nitrogens with zero attached hydrogens (tertiary/aromatic N) is 5. The van der Waals surface area contributed by atoms with Gasteiger partial charge in [0.2, 0.25) is 5.89 Å². The van der Waals surface area contributed by atoms with E-state index in [1.165, 1.54) is 0 Å². The first-order valence-corrected chi connectivity index (χ1v) is 10.8. The fraction of sp³-hybridized carbons (Fsp3) is 0.478. The largest absolute Gasteiger partial charge is 0.444 e. The molecule has 1 aliphatic rings. The SMILES string of the molecule is CCc1cc(NCC2CCN(Cc3nc(C)c(C)o3)CC2)nc(-c2ccccn2)n1. The van der Waals surface area contributed by atoms with Crippen molar-refractivity contribution in [2.45, 2.75) is 46.6 Å². The summed E-state index contributed by atoms with van der Waals surface area (Å²) in [5.74, 6) is 3.95. The highest BCUT2D eigenvalue weighted by Gasteiger charge is 2.21. The molecule has 0 amide bonds. The highest BCUT2D eigenvalue weighted by molar-refractivity contribution is 5.52. The van der Waals surface area contributed by atoms with Crippen molar-refractivity contribution in [1.29, 1.82) is 0 Å². The summed E-state index contributed by atoms with van der Waals surface area (Å²) in [5.41, 5.74) is 2.83. The molecule has 3 aromatic rings. The number of piperidine rings is 1. The topological polar surface area (TPSA) is 80.0 Å². The molecular weight excluding hydrogens is 376 g/mol. The Hall–Kier alpha value is -2.80. The Kier molecular flexibility index (Phi) is 6.38. The number of hydrogen-bond donors (Lipinski definition) is 1. The van der Waals surface area contributed by atoms with E-state index in [0.717, 1.165) is 80.0 Å². The first-order chi connectivity index (χ1) is 14.6. The van der Waals surface area contributed by atoms with E-state index in [1.807, 2.05) is 32.0 Å². The first-order valence-electron chi connectivity index (χ1n) is 10.8. The third kappa shape index (κ3) is 5.02. The summed E-state index contributed by atoms with van der Waals surface area (Å²) < 4.78 is 5.73. The normalized spacial score (nSPS) is 15.4. The van der Waals surface area contributed by atoms with Gasteiger partial charge in [-0.25, -0.2) is 15.0 Å². The van der Waals surface area contributed by atoms with Gasteiger partial charge < -0.3 is 9.73 Å². The van der Waals surface area contributed by atoms with Crippen LogP contribution in [0.25, 0.3) is 11.5 Å². The van der Waals surface area contributed by atoms with E-state index in [4.69, 9.17) is 9.40 Å². The zero-order valence-corrected chi connectivity index (χ0v) is 18.1. The molecule has 7 nitrogen and oxygen atoms in total. The Bertz CT molecular complexity index is 944. The van der Waals surface area contributed by atoms with Gasteiger partial charge in [0, 0.05) is 24.5 Å². The standard InChI is InChI=1S/C23H30N6O/c1-4-19-13-21(28-23(27-19)20-7-5-6-10-24-20)25-14-18-8-11-29(12-9-18)15-22-26-16(2)17(3)30-22/h5-7,10,13,18H,4,8-9,11-12,14-15H2,1-3H3,(H,25,27,28). The van der Waals surface area contributed by atoms with Crippen LogP contribution in [0.15, 0.2) is 34.9 Å². The Morgan fingerprint density at radius 1 is 1.13 bits per heavy atom. The molecule has 0 radical (unpaired) electrons. The molecule has 1 aliphatic heterocycles. The molecule has 4 rings (SSSR count). The summed E-state index contributed by atoms with van der Waals surface area (Å²) in [6, 6.07) is 7.87. The molecule has 3 aromatic heterocycles. The molecule has 0 saturated carbocycles. The summed E-state index contributed by atoms with van der Waals surface area (Å²) >= 11 is 0. The maximum Gasteiger partial charge on any atom is 0.208 e. The predicted octanol–water partition coefficient (Wildman–Crippen LogP) is 4.03. The Labute approximate surface area is 178 Å². The lowest BCUT2D eigenvalue weighted by Crippen LogP contribution is -2.35. The van der Waals surface area contributed by atoms with Crippen LogP contribution in [-0.2, 0) is 13.0 Å². The van der Waals surface area contributed by atoms with Crippen molar-refractivity contribution in [2.24, 2.45) is 5.92 Å². The number of hydrogen-bond acceptors (Lipinski definition) is 7. The highest BCUT2D eigenvalue weighted by atomic mass is 16.4. The molecule has 0 unspecified atom stereocenters. The monoisotopic (exact) mass is 406 g/mol. The summed E-state index contributed by atoms with van der Waals surface area (Å²) in [7, 11) is 0. The van der Waals surface area contributed by atoms with Crippen molar-refractivity contribution in [1.82, 2.24) is 24.8 Å². The molecule has 4 heterocycles. The van der Waals surface area contributed by atoms with Gasteiger partial charge in [0.05, 0.1) is 12.2 Å². The summed E-state index contributed by atoms with van der Waals surface area (Å²) in [6.07, 6.45) is 4.96. The number of nitrogens with one attached hydrogen (secondary N) is 1. The molecule has 0 aliphatic carbocycles. The fourth-order valence-corrected chi connectivity index (χ4v) is 3.77. The quantitative estimate of drug-likeness (QED) is 0.634. The number of oxazole rings is 1. The number of aryl methyl sites for hydroxylation is 3. The molecule has 0 atom stereocenters. The van der Waals surface area contributed by atoms with E-state index in [-0.39, 0.29) is 0 Å². The van der Waals surface area contributed by atoms with Crippen LogP contribution in [0, 0.1) is 19.8 Å². The van der Waals surface area contributed by atoms with Crippen LogP contribution in [0.1, 0.15) is 42.8 Å². The maximum atomic E-state index is 5.73. The highest BCUT2D eigenvalue weighted by Crippen LogP contribution is 2.21. The molecule has 1 N–H and O–H groups in total. The van der Waals surface area contributed by atoms with E-state index in [0.29, 0.717) is 11.7 Å². The van der Waals surface area contributed by atoms with Crippen molar-refractivity contribution in [3.05, 3.63) is 53.5 Å². The van der Waals surface area contributed by atoms with Crippen LogP contribution >= 0.6 is 0 Å². The second kappa shape index (κ2) is 9.34. The number of rotatable bonds is 7. The molecular formula is C23H30N6O. The van der Waals surface area contributed by atoms with Gasteiger partial charge in [0.25, 0.3) is 0 Å². The molecule has 0 aromatic carbocycles. The Morgan fingerprint density at radius 2 is 1.97 bits per heavy atom.